The summed E-state index contributed by atoms with van der Waals surface area (Å²) in [6, 6.07) is 13.5. The lowest BCUT2D eigenvalue weighted by Crippen LogP contribution is -2.40. The number of rotatable bonds is 3. The molecule has 1 saturated heterocycles. The van der Waals surface area contributed by atoms with E-state index in [2.05, 4.69) is 10.2 Å². The smallest absolute Gasteiger partial charge is 0.257 e. The van der Waals surface area contributed by atoms with E-state index in [1.165, 1.54) is 18.2 Å². The van der Waals surface area contributed by atoms with Gasteiger partial charge in [0.15, 0.2) is 5.82 Å². The van der Waals surface area contributed by atoms with Crippen LogP contribution in [-0.4, -0.2) is 32.1 Å². The fraction of sp³-hybridized carbons (Fsp3) is 0.250. The van der Waals surface area contributed by atoms with E-state index in [0.29, 0.717) is 17.4 Å². The van der Waals surface area contributed by atoms with Gasteiger partial charge in [-0.05, 0) is 49.6 Å². The lowest BCUT2D eigenvalue weighted by molar-refractivity contribution is 0.0592. The lowest BCUT2D eigenvalue weighted by Gasteiger charge is -2.35. The van der Waals surface area contributed by atoms with Crippen LogP contribution in [0.15, 0.2) is 54.9 Å². The van der Waals surface area contributed by atoms with Crippen LogP contribution in [0.1, 0.15) is 41.5 Å². The van der Waals surface area contributed by atoms with Crippen LogP contribution in [0.2, 0.25) is 5.02 Å². The van der Waals surface area contributed by atoms with Crippen molar-refractivity contribution in [2.24, 2.45) is 0 Å². The molecule has 1 fully saturated rings. The van der Waals surface area contributed by atoms with Crippen molar-refractivity contribution in [2.75, 3.05) is 6.54 Å². The van der Waals surface area contributed by atoms with Crippen molar-refractivity contribution in [2.45, 2.75) is 25.3 Å². The fourth-order valence-corrected chi connectivity index (χ4v) is 3.69. The first-order valence-corrected chi connectivity index (χ1v) is 9.24. The van der Waals surface area contributed by atoms with Crippen molar-refractivity contribution in [3.05, 3.63) is 77.1 Å². The van der Waals surface area contributed by atoms with Crippen LogP contribution in [0.4, 0.5) is 4.39 Å². The molecule has 2 aromatic carbocycles. The average molecular weight is 385 g/mol. The second-order valence-corrected chi connectivity index (χ2v) is 6.97. The summed E-state index contributed by atoms with van der Waals surface area (Å²) in [7, 11) is 0. The van der Waals surface area contributed by atoms with E-state index in [4.69, 9.17) is 11.6 Å². The molecule has 2 heterocycles. The lowest BCUT2D eigenvalue weighted by atomic mass is 9.99. The minimum absolute atomic E-state index is 0.0137. The molecule has 0 radical (unpaired) electrons. The van der Waals surface area contributed by atoms with Gasteiger partial charge in [-0.2, -0.15) is 0 Å². The van der Waals surface area contributed by atoms with Crippen molar-refractivity contribution in [1.82, 2.24) is 19.7 Å². The Morgan fingerprint density at radius 3 is 2.78 bits per heavy atom. The maximum atomic E-state index is 14.2. The second-order valence-electron chi connectivity index (χ2n) is 6.53. The third-order valence-electron chi connectivity index (χ3n) is 4.83. The molecule has 1 aliphatic rings. The number of carbonyl (C=O) groups excluding carboxylic acids is 1. The van der Waals surface area contributed by atoms with Crippen molar-refractivity contribution in [3.8, 4) is 5.69 Å². The SMILES string of the molecule is O=C(c1cc(Cl)ccc1F)N1CCCCC1c1nncn1-c1ccccc1. The van der Waals surface area contributed by atoms with Gasteiger partial charge >= 0.3 is 0 Å². The summed E-state index contributed by atoms with van der Waals surface area (Å²) in [5.74, 6) is -0.266. The number of hydrogen-bond acceptors (Lipinski definition) is 3. The maximum Gasteiger partial charge on any atom is 0.257 e. The highest BCUT2D eigenvalue weighted by Crippen LogP contribution is 2.32. The molecule has 0 N–H and O–H groups in total. The Balaban J connectivity index is 1.71. The third-order valence-corrected chi connectivity index (χ3v) is 5.06. The fourth-order valence-electron chi connectivity index (χ4n) is 3.52. The van der Waals surface area contributed by atoms with E-state index < -0.39 is 5.82 Å². The van der Waals surface area contributed by atoms with Crippen LogP contribution >= 0.6 is 11.6 Å². The second kappa shape index (κ2) is 7.48. The molecule has 4 rings (SSSR count). The highest BCUT2D eigenvalue weighted by atomic mass is 35.5. The van der Waals surface area contributed by atoms with Gasteiger partial charge in [-0.3, -0.25) is 9.36 Å². The molecule has 0 saturated carbocycles. The molecule has 3 aromatic rings. The van der Waals surface area contributed by atoms with Crippen LogP contribution in [-0.2, 0) is 0 Å². The zero-order chi connectivity index (χ0) is 18.8. The number of likely N-dealkylation sites (tertiary alicyclic amines) is 1. The highest BCUT2D eigenvalue weighted by molar-refractivity contribution is 6.31. The number of halogens is 2. The molecule has 5 nitrogen and oxygen atoms in total. The molecule has 7 heteroatoms. The molecular weight excluding hydrogens is 367 g/mol. The molecule has 1 aromatic heterocycles. The number of carbonyl (C=O) groups is 1. The van der Waals surface area contributed by atoms with E-state index in [9.17, 15) is 9.18 Å². The largest absolute Gasteiger partial charge is 0.328 e. The summed E-state index contributed by atoms with van der Waals surface area (Å²) >= 11 is 5.98. The summed E-state index contributed by atoms with van der Waals surface area (Å²) in [4.78, 5) is 14.8. The minimum Gasteiger partial charge on any atom is -0.328 e. The Kier molecular flexibility index (Phi) is 4.90. The molecule has 1 atom stereocenters. The summed E-state index contributed by atoms with van der Waals surface area (Å²) in [6.45, 7) is 0.539. The maximum absolute atomic E-state index is 14.2. The molecule has 1 unspecified atom stereocenters. The van der Waals surface area contributed by atoms with Gasteiger partial charge in [0, 0.05) is 17.3 Å². The number of benzene rings is 2. The van der Waals surface area contributed by atoms with Crippen LogP contribution < -0.4 is 0 Å². The minimum atomic E-state index is -0.571. The molecule has 0 spiro atoms. The van der Waals surface area contributed by atoms with Crippen LogP contribution in [0.5, 0.6) is 0 Å². The Labute approximate surface area is 161 Å². The zero-order valence-electron chi connectivity index (χ0n) is 14.6. The van der Waals surface area contributed by atoms with E-state index in [-0.39, 0.29) is 17.5 Å². The first kappa shape index (κ1) is 17.7. The normalized spacial score (nSPS) is 17.1. The summed E-state index contributed by atoms with van der Waals surface area (Å²) in [5, 5.41) is 8.67. The average Bonchev–Trinajstić information content (AvgIpc) is 3.20. The topological polar surface area (TPSA) is 51.0 Å². The predicted molar refractivity (Wildman–Crippen MR) is 100 cm³/mol. The Morgan fingerprint density at radius 2 is 1.96 bits per heavy atom. The van der Waals surface area contributed by atoms with E-state index in [1.54, 1.807) is 11.2 Å². The number of piperidine rings is 1. The molecule has 138 valence electrons. The van der Waals surface area contributed by atoms with E-state index in [1.807, 2.05) is 34.9 Å². The quantitative estimate of drug-likeness (QED) is 0.671. The van der Waals surface area contributed by atoms with Gasteiger partial charge in [-0.25, -0.2) is 4.39 Å². The van der Waals surface area contributed by atoms with Crippen LogP contribution in [0, 0.1) is 5.82 Å². The molecular formula is C20H18ClFN4O. The predicted octanol–water partition coefficient (Wildman–Crippen LogP) is 4.43. The summed E-state index contributed by atoms with van der Waals surface area (Å²) in [5.41, 5.74) is 0.907. The van der Waals surface area contributed by atoms with Crippen molar-refractivity contribution in [3.63, 3.8) is 0 Å². The molecule has 1 amide bonds. The van der Waals surface area contributed by atoms with E-state index >= 15 is 0 Å². The van der Waals surface area contributed by atoms with Gasteiger partial charge in [-0.1, -0.05) is 29.8 Å². The molecule has 27 heavy (non-hydrogen) atoms. The number of nitrogens with zero attached hydrogens (tertiary/aromatic N) is 4. The van der Waals surface area contributed by atoms with Crippen LogP contribution in [0.25, 0.3) is 5.69 Å². The molecule has 1 aliphatic heterocycles. The monoisotopic (exact) mass is 384 g/mol. The van der Waals surface area contributed by atoms with Gasteiger partial charge in [0.05, 0.1) is 11.6 Å². The third kappa shape index (κ3) is 3.45. The van der Waals surface area contributed by atoms with Crippen molar-refractivity contribution >= 4 is 17.5 Å². The number of aromatic nitrogens is 3. The van der Waals surface area contributed by atoms with E-state index in [0.717, 1.165) is 24.9 Å². The Hall–Kier alpha value is -2.73. The Bertz CT molecular complexity index is 960. The van der Waals surface area contributed by atoms with Gasteiger partial charge in [0.1, 0.15) is 12.1 Å². The molecule has 0 aliphatic carbocycles. The number of amides is 1. The first-order valence-electron chi connectivity index (χ1n) is 8.86. The standard InChI is InChI=1S/C20H18ClFN4O/c21-14-9-10-17(22)16(12-14)20(27)25-11-5-4-8-18(25)19-24-23-13-26(19)15-6-2-1-3-7-15/h1-3,6-7,9-10,12-13,18H,4-5,8,11H2. The molecule has 0 bridgehead atoms. The zero-order valence-corrected chi connectivity index (χ0v) is 15.3. The highest BCUT2D eigenvalue weighted by Gasteiger charge is 2.33. The van der Waals surface area contributed by atoms with Crippen molar-refractivity contribution < 1.29 is 9.18 Å². The first-order chi connectivity index (χ1) is 13.1. The van der Waals surface area contributed by atoms with Gasteiger partial charge < -0.3 is 4.90 Å². The number of hydrogen-bond donors (Lipinski definition) is 0. The summed E-state index contributed by atoms with van der Waals surface area (Å²) < 4.78 is 16.1. The van der Waals surface area contributed by atoms with Crippen LogP contribution in [0.3, 0.4) is 0 Å². The Morgan fingerprint density at radius 1 is 1.15 bits per heavy atom. The van der Waals surface area contributed by atoms with Crippen molar-refractivity contribution in [1.29, 1.82) is 0 Å². The van der Waals surface area contributed by atoms with Gasteiger partial charge in [0.2, 0.25) is 0 Å². The summed E-state index contributed by atoms with van der Waals surface area (Å²) in [6.07, 6.45) is 4.22. The van der Waals surface area contributed by atoms with Gasteiger partial charge in [0.25, 0.3) is 5.91 Å². The van der Waals surface area contributed by atoms with Gasteiger partial charge in [-0.15, -0.1) is 10.2 Å². The number of para-hydroxylation sites is 1.